The van der Waals surface area contributed by atoms with Gasteiger partial charge in [-0.2, -0.15) is 25.3 Å². The van der Waals surface area contributed by atoms with Crippen LogP contribution in [0.25, 0.3) is 0 Å². The SMILES string of the molecule is O.O.O.O.O=S(=O)(O)O[C@@H]1[C@@H](OS(=O)(=O)O)[C@@H](O[C@]2(CO)O[C@H](CO)[C@@H](O)[C@@H]2O)O[C@H](CO[C@H]2O[C@H](CO[C@H]3O[C@H](CO)[C@H](O)[C@H](O)[C@H]3O)[C@H](O)[C@H](O)[C@H]2O)[C@H]1OS(=O)(=O)O. The quantitative estimate of drug-likeness (QED) is 0.0602. The van der Waals surface area contributed by atoms with Crippen molar-refractivity contribution < 1.29 is 163 Å². The molecule has 4 rings (SSSR count). The molecule has 0 bridgehead atoms. The summed E-state index contributed by atoms with van der Waals surface area (Å²) in [6, 6.07) is 0. The van der Waals surface area contributed by atoms with Crippen molar-refractivity contribution in [1.29, 1.82) is 0 Å². The Hall–Kier alpha value is -1.27. The highest BCUT2D eigenvalue weighted by Gasteiger charge is 2.61. The standard InChI is InChI=1S/C24H42O30S3.4H2O/c25-1-6-10(28)13(31)15(33)21(47-6)45-3-8-11(29)14(32)16(34)22(48-8)46-4-9-17(52-55(36,37)38)18(53-56(39,40)41)19(54-57(42,43)44)23(49-9)51-24(5-27)20(35)12(30)7(2-26)50-24;;;;/h6-23,25-35H,1-5H2,(H,36,37,38)(H,39,40,41)(H,42,43,44);4*1H2/t6-,7-,8-,9-,10+,11+,12-,13+,14+,15-,16-,17-,18+,19-,20+,21+,22+,23-,24+;;;;/m1..../s1. The minimum absolute atomic E-state index is 0. The molecule has 0 aromatic rings. The molecule has 0 aromatic carbocycles. The summed E-state index contributed by atoms with van der Waals surface area (Å²) in [4.78, 5) is 0. The van der Waals surface area contributed by atoms with Crippen LogP contribution in [0.2, 0.25) is 0 Å². The lowest BCUT2D eigenvalue weighted by Gasteiger charge is -2.46. The molecule has 4 saturated heterocycles. The first-order valence-electron chi connectivity index (χ1n) is 16.1. The summed E-state index contributed by atoms with van der Waals surface area (Å²) in [7, 11) is -17.6. The van der Waals surface area contributed by atoms with Crippen LogP contribution in [-0.4, -0.2) is 266 Å². The van der Waals surface area contributed by atoms with E-state index >= 15 is 0 Å². The summed E-state index contributed by atoms with van der Waals surface area (Å²) in [6.45, 7) is -5.67. The van der Waals surface area contributed by atoms with Crippen LogP contribution in [0.5, 0.6) is 0 Å². The Morgan fingerprint density at radius 3 is 1.28 bits per heavy atom. The summed E-state index contributed by atoms with van der Waals surface area (Å²) in [5.74, 6) is -2.97. The van der Waals surface area contributed by atoms with Crippen LogP contribution in [0.1, 0.15) is 0 Å². The summed E-state index contributed by atoms with van der Waals surface area (Å²) in [5, 5.41) is 112. The third-order valence-corrected chi connectivity index (χ3v) is 10.3. The van der Waals surface area contributed by atoms with Gasteiger partial charge in [-0.15, -0.1) is 0 Å². The maximum absolute atomic E-state index is 11.9. The summed E-state index contributed by atoms with van der Waals surface area (Å²) in [6.07, 6.45) is -39.4. The highest BCUT2D eigenvalue weighted by Crippen LogP contribution is 2.39. The maximum Gasteiger partial charge on any atom is 0.397 e. The topological polar surface area (TPSA) is 604 Å². The number of ether oxygens (including phenoxy) is 7. The third kappa shape index (κ3) is 14.4. The van der Waals surface area contributed by atoms with Crippen LogP contribution in [0.4, 0.5) is 0 Å². The molecule has 4 fully saturated rings. The van der Waals surface area contributed by atoms with Crippen LogP contribution in [0, 0.1) is 0 Å². The van der Waals surface area contributed by atoms with Crippen LogP contribution < -0.4 is 0 Å². The van der Waals surface area contributed by atoms with Gasteiger partial charge in [-0.3, -0.25) is 13.7 Å². The van der Waals surface area contributed by atoms with Crippen LogP contribution >= 0.6 is 0 Å². The monoisotopic (exact) mass is 978 g/mol. The van der Waals surface area contributed by atoms with Gasteiger partial charge in [0, 0.05) is 0 Å². The molecule has 0 spiro atoms. The molecule has 0 amide bonds. The number of hydrogen-bond donors (Lipinski definition) is 14. The first-order chi connectivity index (χ1) is 26.3. The number of aliphatic hydroxyl groups excluding tert-OH is 11. The minimum atomic E-state index is -5.90. The summed E-state index contributed by atoms with van der Waals surface area (Å²) >= 11 is 0. The Balaban J connectivity index is 0.00000900. The van der Waals surface area contributed by atoms with E-state index in [-0.39, 0.29) is 21.9 Å². The fourth-order valence-electron chi connectivity index (χ4n) is 6.10. The predicted octanol–water partition coefficient (Wildman–Crippen LogP) is -13.6. The predicted molar refractivity (Wildman–Crippen MR) is 180 cm³/mol. The zero-order valence-electron chi connectivity index (χ0n) is 30.4. The molecule has 34 nitrogen and oxygen atoms in total. The van der Waals surface area contributed by atoms with Crippen molar-refractivity contribution in [3.05, 3.63) is 0 Å². The van der Waals surface area contributed by atoms with E-state index in [4.69, 9.17) is 33.2 Å². The molecule has 4 aliphatic heterocycles. The maximum atomic E-state index is 11.9. The molecule has 37 heteroatoms. The van der Waals surface area contributed by atoms with E-state index in [1.165, 1.54) is 0 Å². The van der Waals surface area contributed by atoms with E-state index in [0.29, 0.717) is 0 Å². The normalized spacial score (nSPS) is 42.0. The molecule has 0 unspecified atom stereocenters. The second-order valence-electron chi connectivity index (χ2n) is 12.7. The number of rotatable bonds is 17. The second-order valence-corrected chi connectivity index (χ2v) is 15.9. The summed E-state index contributed by atoms with van der Waals surface area (Å²) in [5.41, 5.74) is 0. The van der Waals surface area contributed by atoms with E-state index in [0.717, 1.165) is 0 Å². The zero-order chi connectivity index (χ0) is 43.0. The van der Waals surface area contributed by atoms with Gasteiger partial charge in [-0.25, -0.2) is 12.5 Å². The molecule has 0 aromatic heterocycles. The molecule has 0 radical (unpaired) electrons. The Morgan fingerprint density at radius 2 is 0.852 bits per heavy atom. The lowest BCUT2D eigenvalue weighted by Crippen LogP contribution is -2.66. The third-order valence-electron chi connectivity index (χ3n) is 8.88. The van der Waals surface area contributed by atoms with E-state index in [9.17, 15) is 95.1 Å². The average Bonchev–Trinajstić information content (AvgIpc) is 3.35. The fraction of sp³-hybridized carbons (Fsp3) is 1.00. The number of hydrogen-bond acceptors (Lipinski definition) is 27. The van der Waals surface area contributed by atoms with E-state index in [2.05, 4.69) is 12.5 Å². The second kappa shape index (κ2) is 23.3. The highest BCUT2D eigenvalue weighted by molar-refractivity contribution is 7.81. The Bertz CT molecular complexity index is 1650. The van der Waals surface area contributed by atoms with Crippen LogP contribution in [0.3, 0.4) is 0 Å². The summed E-state index contributed by atoms with van der Waals surface area (Å²) < 4.78 is 150. The van der Waals surface area contributed by atoms with Crippen molar-refractivity contribution in [2.75, 3.05) is 33.0 Å². The minimum Gasteiger partial charge on any atom is -0.412 e. The zero-order valence-corrected chi connectivity index (χ0v) is 32.9. The van der Waals surface area contributed by atoms with Crippen molar-refractivity contribution in [2.45, 2.75) is 116 Å². The largest absolute Gasteiger partial charge is 0.412 e. The Morgan fingerprint density at radius 1 is 0.459 bits per heavy atom. The smallest absolute Gasteiger partial charge is 0.397 e. The molecule has 368 valence electrons. The molecule has 22 N–H and O–H groups in total. The highest BCUT2D eigenvalue weighted by atomic mass is 32.3. The van der Waals surface area contributed by atoms with Crippen molar-refractivity contribution in [1.82, 2.24) is 0 Å². The molecule has 4 heterocycles. The molecular weight excluding hydrogens is 928 g/mol. The van der Waals surface area contributed by atoms with Crippen molar-refractivity contribution >= 4 is 31.2 Å². The first-order valence-corrected chi connectivity index (χ1v) is 20.1. The molecule has 0 aliphatic carbocycles. The van der Waals surface area contributed by atoms with Gasteiger partial charge in [0.15, 0.2) is 25.0 Å². The van der Waals surface area contributed by atoms with Crippen molar-refractivity contribution in [3.63, 3.8) is 0 Å². The van der Waals surface area contributed by atoms with E-state index in [1.807, 2.05) is 0 Å². The van der Waals surface area contributed by atoms with Gasteiger partial charge in [0.2, 0.25) is 5.79 Å². The van der Waals surface area contributed by atoms with Gasteiger partial charge in [0.05, 0.1) is 26.4 Å². The number of aliphatic hydroxyl groups is 11. The van der Waals surface area contributed by atoms with Gasteiger partial charge in [-0.05, 0) is 0 Å². The Kier molecular flexibility index (Phi) is 22.8. The van der Waals surface area contributed by atoms with Gasteiger partial charge in [0.25, 0.3) is 0 Å². The van der Waals surface area contributed by atoms with E-state index < -0.39 is 180 Å². The Labute approximate surface area is 342 Å². The average molecular weight is 979 g/mol. The van der Waals surface area contributed by atoms with Crippen molar-refractivity contribution in [2.24, 2.45) is 0 Å². The van der Waals surface area contributed by atoms with Crippen molar-refractivity contribution in [3.8, 4) is 0 Å². The first kappa shape index (κ1) is 59.7. The van der Waals surface area contributed by atoms with E-state index in [1.54, 1.807) is 0 Å². The van der Waals surface area contributed by atoms with Gasteiger partial charge in [0.1, 0.15) is 92.1 Å². The molecule has 61 heavy (non-hydrogen) atoms. The van der Waals surface area contributed by atoms with Crippen LogP contribution in [-0.2, 0) is 76.9 Å². The lowest BCUT2D eigenvalue weighted by molar-refractivity contribution is -0.383. The fourth-order valence-corrected chi connectivity index (χ4v) is 7.60. The molecule has 0 saturated carbocycles. The van der Waals surface area contributed by atoms with Gasteiger partial charge in [-0.1, -0.05) is 0 Å². The lowest BCUT2D eigenvalue weighted by atomic mass is 9.98. The van der Waals surface area contributed by atoms with Crippen LogP contribution in [0.15, 0.2) is 0 Å². The van der Waals surface area contributed by atoms with Gasteiger partial charge < -0.3 is 111 Å². The van der Waals surface area contributed by atoms with Gasteiger partial charge >= 0.3 is 31.2 Å². The molecular formula is C24H50O34S3. The molecule has 4 aliphatic rings. The molecule has 19 atom stereocenters.